The van der Waals surface area contributed by atoms with Crippen LogP contribution < -0.4 is 5.32 Å². The Morgan fingerprint density at radius 1 is 1.18 bits per heavy atom. The smallest absolute Gasteiger partial charge is 0.340 e. The molecular formula is C21H23FN2O4. The first-order chi connectivity index (χ1) is 13.4. The third kappa shape index (κ3) is 3.98. The number of Topliss-reactive ketones (excluding diaryl/α,β-unsaturated/α-hetero) is 1. The van der Waals surface area contributed by atoms with Crippen LogP contribution in [0.2, 0.25) is 0 Å². The van der Waals surface area contributed by atoms with E-state index < -0.39 is 23.5 Å². The number of H-pyrrole nitrogens is 1. The molecule has 1 aromatic heterocycles. The number of aryl methyl sites for hydroxylation is 1. The Morgan fingerprint density at radius 3 is 2.43 bits per heavy atom. The molecule has 148 valence electrons. The summed E-state index contributed by atoms with van der Waals surface area (Å²) < 4.78 is 18.5. The predicted octanol–water partition coefficient (Wildman–Crippen LogP) is 3.55. The summed E-state index contributed by atoms with van der Waals surface area (Å²) >= 11 is 0. The van der Waals surface area contributed by atoms with Crippen LogP contribution in [0.25, 0.3) is 11.1 Å². The van der Waals surface area contributed by atoms with Crippen LogP contribution in [0, 0.1) is 12.7 Å². The van der Waals surface area contributed by atoms with E-state index in [1.165, 1.54) is 24.3 Å². The molecule has 0 radical (unpaired) electrons. The highest BCUT2D eigenvalue weighted by Gasteiger charge is 2.31. The third-order valence-corrected chi connectivity index (χ3v) is 4.92. The van der Waals surface area contributed by atoms with Gasteiger partial charge in [-0.15, -0.1) is 0 Å². The topological polar surface area (TPSA) is 88.3 Å². The van der Waals surface area contributed by atoms with Crippen molar-refractivity contribution < 1.29 is 23.5 Å². The van der Waals surface area contributed by atoms with E-state index in [2.05, 4.69) is 10.3 Å². The van der Waals surface area contributed by atoms with Gasteiger partial charge in [0.25, 0.3) is 11.7 Å². The molecule has 2 aromatic rings. The fourth-order valence-electron chi connectivity index (χ4n) is 3.59. The lowest BCUT2D eigenvalue weighted by Gasteiger charge is -2.12. The van der Waals surface area contributed by atoms with Gasteiger partial charge in [-0.05, 0) is 44.4 Å². The Kier molecular flexibility index (Phi) is 5.92. The second kappa shape index (κ2) is 8.37. The molecule has 0 aliphatic heterocycles. The number of rotatable bonds is 6. The Balaban J connectivity index is 2.03. The van der Waals surface area contributed by atoms with Crippen molar-refractivity contribution in [2.75, 3.05) is 6.61 Å². The number of ketones is 1. The number of aromatic amines is 1. The van der Waals surface area contributed by atoms with Crippen LogP contribution in [0.3, 0.4) is 0 Å². The van der Waals surface area contributed by atoms with Gasteiger partial charge in [0.05, 0.1) is 12.2 Å². The number of hydrogen-bond acceptors (Lipinski definition) is 4. The highest BCUT2D eigenvalue weighted by atomic mass is 19.1. The summed E-state index contributed by atoms with van der Waals surface area (Å²) in [5.74, 6) is -2.52. The number of aromatic nitrogens is 1. The standard InChI is InChI=1S/C21H23FN2O4/c1-3-28-21(27)16-12(2)23-18(17(16)13-8-10-14(22)11-9-13)19(25)20(26)24-15-6-4-5-7-15/h8-11,15,23H,3-7H2,1-2H3,(H,24,26). The summed E-state index contributed by atoms with van der Waals surface area (Å²) in [6, 6.07) is 5.39. The zero-order valence-corrected chi connectivity index (χ0v) is 15.9. The first kappa shape index (κ1) is 19.8. The molecule has 1 aliphatic rings. The normalized spacial score (nSPS) is 14.1. The number of ether oxygens (including phenoxy) is 1. The van der Waals surface area contributed by atoms with Crippen LogP contribution in [0.5, 0.6) is 0 Å². The van der Waals surface area contributed by atoms with Gasteiger partial charge < -0.3 is 15.0 Å². The number of amides is 1. The molecule has 0 spiro atoms. The van der Waals surface area contributed by atoms with E-state index in [0.717, 1.165) is 25.7 Å². The van der Waals surface area contributed by atoms with Crippen molar-refractivity contribution in [3.63, 3.8) is 0 Å². The number of esters is 1. The van der Waals surface area contributed by atoms with Gasteiger partial charge in [-0.2, -0.15) is 0 Å². The molecule has 2 N–H and O–H groups in total. The second-order valence-corrected chi connectivity index (χ2v) is 6.89. The lowest BCUT2D eigenvalue weighted by atomic mass is 9.98. The lowest BCUT2D eigenvalue weighted by molar-refractivity contribution is -0.117. The number of hydrogen-bond donors (Lipinski definition) is 2. The highest BCUT2D eigenvalue weighted by Crippen LogP contribution is 2.32. The minimum Gasteiger partial charge on any atom is -0.462 e. The molecule has 1 amide bonds. The maximum Gasteiger partial charge on any atom is 0.340 e. The minimum atomic E-state index is -0.759. The van der Waals surface area contributed by atoms with Crippen LogP contribution in [0.1, 0.15) is 59.1 Å². The zero-order chi connectivity index (χ0) is 20.3. The van der Waals surface area contributed by atoms with Crippen molar-refractivity contribution >= 4 is 17.7 Å². The summed E-state index contributed by atoms with van der Waals surface area (Å²) in [5.41, 5.74) is 1.29. The largest absolute Gasteiger partial charge is 0.462 e. The molecule has 6 nitrogen and oxygen atoms in total. The van der Waals surface area contributed by atoms with Gasteiger partial charge in [-0.3, -0.25) is 9.59 Å². The Bertz CT molecular complexity index is 896. The van der Waals surface area contributed by atoms with E-state index in [-0.39, 0.29) is 29.5 Å². The number of carbonyl (C=O) groups is 3. The van der Waals surface area contributed by atoms with Crippen LogP contribution >= 0.6 is 0 Å². The Morgan fingerprint density at radius 2 is 1.82 bits per heavy atom. The van der Waals surface area contributed by atoms with Crippen molar-refractivity contribution in [2.45, 2.75) is 45.6 Å². The molecule has 28 heavy (non-hydrogen) atoms. The van der Waals surface area contributed by atoms with Gasteiger partial charge in [0, 0.05) is 17.3 Å². The maximum atomic E-state index is 13.4. The number of nitrogens with one attached hydrogen (secondary N) is 2. The van der Waals surface area contributed by atoms with Crippen LogP contribution in [0.4, 0.5) is 4.39 Å². The number of halogens is 1. The molecule has 0 unspecified atom stereocenters. The predicted molar refractivity (Wildman–Crippen MR) is 102 cm³/mol. The molecule has 1 fully saturated rings. The Hall–Kier alpha value is -2.96. The molecule has 7 heteroatoms. The van der Waals surface area contributed by atoms with Gasteiger partial charge >= 0.3 is 5.97 Å². The van der Waals surface area contributed by atoms with Crippen molar-refractivity contribution in [3.05, 3.63) is 47.0 Å². The van der Waals surface area contributed by atoms with Crippen molar-refractivity contribution in [1.29, 1.82) is 0 Å². The summed E-state index contributed by atoms with van der Waals surface area (Å²) in [4.78, 5) is 40.7. The van der Waals surface area contributed by atoms with Crippen LogP contribution in [-0.4, -0.2) is 35.3 Å². The van der Waals surface area contributed by atoms with Gasteiger partial charge in [0.2, 0.25) is 0 Å². The van der Waals surface area contributed by atoms with Crippen molar-refractivity contribution in [3.8, 4) is 11.1 Å². The fraction of sp³-hybridized carbons (Fsp3) is 0.381. The molecule has 1 saturated carbocycles. The molecule has 1 aromatic carbocycles. The summed E-state index contributed by atoms with van der Waals surface area (Å²) in [7, 11) is 0. The number of benzene rings is 1. The SMILES string of the molecule is CCOC(=O)c1c(C)[nH]c(C(=O)C(=O)NC2CCCC2)c1-c1ccc(F)cc1. The third-order valence-electron chi connectivity index (χ3n) is 4.92. The monoisotopic (exact) mass is 386 g/mol. The van der Waals surface area contributed by atoms with Crippen LogP contribution in [-0.2, 0) is 9.53 Å². The fourth-order valence-corrected chi connectivity index (χ4v) is 3.59. The molecular weight excluding hydrogens is 363 g/mol. The van der Waals surface area contributed by atoms with Crippen LogP contribution in [0.15, 0.2) is 24.3 Å². The Labute approximate surface area is 162 Å². The van der Waals surface area contributed by atoms with Gasteiger partial charge in [-0.1, -0.05) is 25.0 Å². The van der Waals surface area contributed by atoms with E-state index >= 15 is 0 Å². The molecule has 0 bridgehead atoms. The van der Waals surface area contributed by atoms with E-state index in [1.807, 2.05) is 0 Å². The molecule has 0 saturated heterocycles. The van der Waals surface area contributed by atoms with E-state index in [9.17, 15) is 18.8 Å². The minimum absolute atomic E-state index is 0.00246. The van der Waals surface area contributed by atoms with Crippen molar-refractivity contribution in [2.24, 2.45) is 0 Å². The average Bonchev–Trinajstić information content (AvgIpc) is 3.29. The number of carbonyl (C=O) groups excluding carboxylic acids is 3. The quantitative estimate of drug-likeness (QED) is 0.451. The van der Waals surface area contributed by atoms with E-state index in [0.29, 0.717) is 11.3 Å². The summed E-state index contributed by atoms with van der Waals surface area (Å²) in [6.45, 7) is 3.47. The van der Waals surface area contributed by atoms with Crippen molar-refractivity contribution in [1.82, 2.24) is 10.3 Å². The van der Waals surface area contributed by atoms with E-state index in [1.54, 1.807) is 13.8 Å². The summed E-state index contributed by atoms with van der Waals surface area (Å²) in [6.07, 6.45) is 3.74. The second-order valence-electron chi connectivity index (χ2n) is 6.89. The maximum absolute atomic E-state index is 13.4. The zero-order valence-electron chi connectivity index (χ0n) is 15.9. The summed E-state index contributed by atoms with van der Waals surface area (Å²) in [5, 5.41) is 2.76. The molecule has 1 heterocycles. The molecule has 3 rings (SSSR count). The lowest BCUT2D eigenvalue weighted by Crippen LogP contribution is -2.38. The van der Waals surface area contributed by atoms with Gasteiger partial charge in [-0.25, -0.2) is 9.18 Å². The van der Waals surface area contributed by atoms with Gasteiger partial charge in [0.1, 0.15) is 11.5 Å². The highest BCUT2D eigenvalue weighted by molar-refractivity contribution is 6.44. The first-order valence-corrected chi connectivity index (χ1v) is 9.43. The van der Waals surface area contributed by atoms with E-state index in [4.69, 9.17) is 4.74 Å². The molecule has 0 atom stereocenters. The van der Waals surface area contributed by atoms with Gasteiger partial charge in [0.15, 0.2) is 0 Å². The molecule has 1 aliphatic carbocycles. The average molecular weight is 386 g/mol. The first-order valence-electron chi connectivity index (χ1n) is 9.43.